The molecule has 0 bridgehead atoms. The van der Waals surface area contributed by atoms with Gasteiger partial charge in [-0.05, 0) is 11.6 Å². The van der Waals surface area contributed by atoms with Crippen molar-refractivity contribution < 1.29 is 31.1 Å². The predicted octanol–water partition coefficient (Wildman–Crippen LogP) is 4.30. The Labute approximate surface area is 155 Å². The van der Waals surface area contributed by atoms with E-state index in [0.717, 1.165) is 12.2 Å². The molecule has 1 aliphatic carbocycles. The van der Waals surface area contributed by atoms with Gasteiger partial charge in [0.2, 0.25) is 0 Å². The molecule has 2 atom stereocenters. The maximum absolute atomic E-state index is 14.1. The Kier molecular flexibility index (Phi) is 4.82. The summed E-state index contributed by atoms with van der Waals surface area (Å²) in [6, 6.07) is 7.69. The average Bonchev–Trinajstić information content (AvgIpc) is 3.12. The molecule has 3 rings (SSSR count). The molecular formula is C18H13F6N3O. The van der Waals surface area contributed by atoms with Crippen molar-refractivity contribution in [2.45, 2.75) is 23.9 Å². The van der Waals surface area contributed by atoms with Crippen LogP contribution in [0.1, 0.15) is 21.8 Å². The molecule has 28 heavy (non-hydrogen) atoms. The van der Waals surface area contributed by atoms with Gasteiger partial charge in [-0.3, -0.25) is 4.79 Å². The molecule has 4 nitrogen and oxygen atoms in total. The lowest BCUT2D eigenvalue weighted by molar-refractivity contribution is -0.212. The molecule has 1 N–H and O–H groups in total. The van der Waals surface area contributed by atoms with E-state index in [1.807, 2.05) is 5.32 Å². The summed E-state index contributed by atoms with van der Waals surface area (Å²) in [7, 11) is 0. The minimum atomic E-state index is -4.93. The van der Waals surface area contributed by atoms with Crippen molar-refractivity contribution in [2.24, 2.45) is 0 Å². The molecule has 0 radical (unpaired) electrons. The summed E-state index contributed by atoms with van der Waals surface area (Å²) in [5.41, 5.74) is -3.19. The molecule has 2 aromatic rings. The number of nitrogens with one attached hydrogen (secondary N) is 1. The van der Waals surface area contributed by atoms with E-state index in [1.54, 1.807) is 18.2 Å². The second-order valence-electron chi connectivity index (χ2n) is 6.09. The Bertz CT molecular complexity index is 913. The van der Waals surface area contributed by atoms with Gasteiger partial charge in [-0.25, -0.2) is 0 Å². The highest BCUT2D eigenvalue weighted by Crippen LogP contribution is 2.45. The van der Waals surface area contributed by atoms with Crippen LogP contribution in [0.3, 0.4) is 0 Å². The fourth-order valence-corrected chi connectivity index (χ4v) is 2.97. The van der Waals surface area contributed by atoms with Gasteiger partial charge in [0.15, 0.2) is 5.54 Å². The highest BCUT2D eigenvalue weighted by molar-refractivity contribution is 5.94. The largest absolute Gasteiger partial charge is 0.504 e. The summed E-state index contributed by atoms with van der Waals surface area (Å²) >= 11 is 0. The van der Waals surface area contributed by atoms with Crippen molar-refractivity contribution in [1.29, 1.82) is 0 Å². The molecule has 2 unspecified atom stereocenters. The van der Waals surface area contributed by atoms with E-state index in [2.05, 4.69) is 5.10 Å². The number of carbonyl (C=O) groups is 1. The number of halogens is 6. The number of hydrogen-bond acceptors (Lipinski definition) is 2. The molecule has 1 aliphatic rings. The van der Waals surface area contributed by atoms with Crippen molar-refractivity contribution in [3.05, 3.63) is 78.2 Å². The third-order valence-electron chi connectivity index (χ3n) is 4.32. The van der Waals surface area contributed by atoms with Crippen LogP contribution in [-0.4, -0.2) is 27.4 Å². The standard InChI is InChI=1S/C18H13F6N3O/c19-17(20,21)16(9-5-4-8-14(16)12-6-2-1-3-7-12)26-15(28)13-10-25-27(11-13)18(22,23)24/h1-11,14H,(H,26,28). The highest BCUT2D eigenvalue weighted by atomic mass is 19.4. The summed E-state index contributed by atoms with van der Waals surface area (Å²) < 4.78 is 79.8. The summed E-state index contributed by atoms with van der Waals surface area (Å²) in [5, 5.41) is 4.86. The van der Waals surface area contributed by atoms with Crippen LogP contribution in [0.15, 0.2) is 67.0 Å². The van der Waals surface area contributed by atoms with Gasteiger partial charge in [-0.1, -0.05) is 48.6 Å². The summed E-state index contributed by atoms with van der Waals surface area (Å²) in [6.45, 7) is 0. The fourth-order valence-electron chi connectivity index (χ4n) is 2.97. The number of amides is 1. The molecule has 0 spiro atoms. The minimum Gasteiger partial charge on any atom is -0.334 e. The Morgan fingerprint density at radius 3 is 2.32 bits per heavy atom. The zero-order valence-electron chi connectivity index (χ0n) is 14.0. The first-order valence-corrected chi connectivity index (χ1v) is 7.97. The number of benzene rings is 1. The van der Waals surface area contributed by atoms with Crippen LogP contribution in [0.25, 0.3) is 0 Å². The Morgan fingerprint density at radius 1 is 1.07 bits per heavy atom. The zero-order valence-corrected chi connectivity index (χ0v) is 14.0. The molecule has 1 heterocycles. The number of alkyl halides is 6. The molecule has 0 saturated heterocycles. The minimum absolute atomic E-state index is 0.284. The predicted molar refractivity (Wildman–Crippen MR) is 87.2 cm³/mol. The third-order valence-corrected chi connectivity index (χ3v) is 4.32. The topological polar surface area (TPSA) is 46.9 Å². The third kappa shape index (κ3) is 3.54. The van der Waals surface area contributed by atoms with Crippen LogP contribution < -0.4 is 5.32 Å². The molecule has 0 saturated carbocycles. The smallest absolute Gasteiger partial charge is 0.334 e. The van der Waals surface area contributed by atoms with Crippen molar-refractivity contribution in [3.63, 3.8) is 0 Å². The Balaban J connectivity index is 2.00. The van der Waals surface area contributed by atoms with Gasteiger partial charge in [0.25, 0.3) is 5.91 Å². The van der Waals surface area contributed by atoms with Crippen LogP contribution in [0.4, 0.5) is 26.3 Å². The van der Waals surface area contributed by atoms with E-state index in [0.29, 0.717) is 12.4 Å². The maximum Gasteiger partial charge on any atom is 0.504 e. The molecular weight excluding hydrogens is 388 g/mol. The number of rotatable bonds is 3. The van der Waals surface area contributed by atoms with Crippen LogP contribution in [-0.2, 0) is 6.30 Å². The summed E-state index contributed by atoms with van der Waals surface area (Å²) in [4.78, 5) is 12.4. The van der Waals surface area contributed by atoms with Gasteiger partial charge in [-0.15, -0.1) is 13.2 Å². The lowest BCUT2D eigenvalue weighted by atomic mass is 9.75. The van der Waals surface area contributed by atoms with E-state index in [4.69, 9.17) is 0 Å². The second kappa shape index (κ2) is 6.84. The SMILES string of the molecule is O=C(NC1(C(F)(F)F)C=CC=CC1c1ccccc1)c1cnn(C(F)(F)F)c1. The van der Waals surface area contributed by atoms with Crippen LogP contribution >= 0.6 is 0 Å². The second-order valence-corrected chi connectivity index (χ2v) is 6.09. The zero-order chi connectivity index (χ0) is 20.6. The molecule has 1 aromatic heterocycles. The van der Waals surface area contributed by atoms with Gasteiger partial charge in [0.1, 0.15) is 0 Å². The molecule has 148 valence electrons. The van der Waals surface area contributed by atoms with E-state index in [-0.39, 0.29) is 5.56 Å². The number of aromatic nitrogens is 2. The van der Waals surface area contributed by atoms with E-state index >= 15 is 0 Å². The van der Waals surface area contributed by atoms with Crippen LogP contribution in [0.5, 0.6) is 0 Å². The van der Waals surface area contributed by atoms with Crippen LogP contribution in [0.2, 0.25) is 0 Å². The summed E-state index contributed by atoms with van der Waals surface area (Å²) in [6.07, 6.45) is -4.31. The van der Waals surface area contributed by atoms with Crippen molar-refractivity contribution >= 4 is 5.91 Å². The van der Waals surface area contributed by atoms with Gasteiger partial charge in [0.05, 0.1) is 11.8 Å². The average molecular weight is 401 g/mol. The summed E-state index contributed by atoms with van der Waals surface area (Å²) in [5.74, 6) is -2.63. The number of nitrogens with zero attached hydrogens (tertiary/aromatic N) is 2. The lowest BCUT2D eigenvalue weighted by Gasteiger charge is -2.40. The highest BCUT2D eigenvalue weighted by Gasteiger charge is 2.59. The van der Waals surface area contributed by atoms with Gasteiger partial charge >= 0.3 is 12.5 Å². The monoisotopic (exact) mass is 401 g/mol. The molecule has 1 amide bonds. The lowest BCUT2D eigenvalue weighted by Crippen LogP contribution is -2.61. The van der Waals surface area contributed by atoms with Crippen molar-refractivity contribution in [3.8, 4) is 0 Å². The molecule has 0 aliphatic heterocycles. The maximum atomic E-state index is 14.1. The van der Waals surface area contributed by atoms with E-state index in [1.165, 1.54) is 24.3 Å². The molecule has 1 aromatic carbocycles. The van der Waals surface area contributed by atoms with Crippen LogP contribution in [0, 0.1) is 0 Å². The first-order chi connectivity index (χ1) is 13.0. The first-order valence-electron chi connectivity index (χ1n) is 7.97. The fraction of sp³-hybridized carbons (Fsp3) is 0.222. The first kappa shape index (κ1) is 19.7. The van der Waals surface area contributed by atoms with E-state index < -0.39 is 40.1 Å². The normalized spacial score (nSPS) is 22.3. The van der Waals surface area contributed by atoms with Gasteiger partial charge in [0, 0.05) is 12.1 Å². The van der Waals surface area contributed by atoms with E-state index in [9.17, 15) is 31.1 Å². The Morgan fingerprint density at radius 2 is 1.75 bits per heavy atom. The van der Waals surface area contributed by atoms with Crippen molar-refractivity contribution in [2.75, 3.05) is 0 Å². The van der Waals surface area contributed by atoms with Gasteiger partial charge in [-0.2, -0.15) is 23.0 Å². The molecule has 10 heteroatoms. The molecule has 0 fully saturated rings. The quantitative estimate of drug-likeness (QED) is 0.780. The number of carbonyl (C=O) groups excluding carboxylic acids is 1. The number of allylic oxidation sites excluding steroid dienone is 2. The Hall–Kier alpha value is -3.04. The number of hydrogen-bond donors (Lipinski definition) is 1. The van der Waals surface area contributed by atoms with Gasteiger partial charge < -0.3 is 5.32 Å². The van der Waals surface area contributed by atoms with Crippen molar-refractivity contribution in [1.82, 2.24) is 15.1 Å².